The first-order chi connectivity index (χ1) is 28.5. The van der Waals surface area contributed by atoms with Gasteiger partial charge in [0.25, 0.3) is 0 Å². The number of nitrogens with one attached hydrogen (secondary N) is 1. The topological polar surface area (TPSA) is 193 Å². The largest absolute Gasteiger partial charge is 0.472 e. The van der Waals surface area contributed by atoms with Gasteiger partial charge in [-0.3, -0.25) is 13.8 Å². The van der Waals surface area contributed by atoms with E-state index in [4.69, 9.17) is 23.3 Å². The summed E-state index contributed by atoms with van der Waals surface area (Å²) < 4.78 is 39.4. The minimum Gasteiger partial charge on any atom is -0.457 e. The Hall–Kier alpha value is -0.960. The molecule has 59 heavy (non-hydrogen) atoms. The van der Waals surface area contributed by atoms with Crippen LogP contribution in [0.5, 0.6) is 0 Å². The average molecular weight is 866 g/mol. The fourth-order valence-corrected chi connectivity index (χ4v) is 7.83. The van der Waals surface area contributed by atoms with Crippen LogP contribution in [0.4, 0.5) is 0 Å². The van der Waals surface area contributed by atoms with Crippen LogP contribution in [0, 0.1) is 0 Å². The molecule has 0 aromatic carbocycles. The summed E-state index contributed by atoms with van der Waals surface area (Å²) >= 11 is 0. The first-order valence-electron chi connectivity index (χ1n) is 23.7. The third-order valence-electron chi connectivity index (χ3n) is 10.9. The van der Waals surface area contributed by atoms with Crippen LogP contribution in [-0.4, -0.2) is 108 Å². The molecule has 14 heteroatoms. The molecule has 0 spiro atoms. The second-order valence-electron chi connectivity index (χ2n) is 16.6. The fourth-order valence-electron chi connectivity index (χ4n) is 7.08. The van der Waals surface area contributed by atoms with Gasteiger partial charge in [-0.1, -0.05) is 161 Å². The number of aliphatic hydroxyl groups excluding tert-OH is 3. The van der Waals surface area contributed by atoms with Gasteiger partial charge in [-0.25, -0.2) is 4.57 Å². The molecule has 13 nitrogen and oxygen atoms in total. The number of hydrogen-bond donors (Lipinski definition) is 6. The Kier molecular flexibility index (Phi) is 35.7. The maximum absolute atomic E-state index is 12.8. The molecule has 1 fully saturated rings. The van der Waals surface area contributed by atoms with Crippen molar-refractivity contribution in [2.24, 2.45) is 0 Å². The number of esters is 1. The van der Waals surface area contributed by atoms with E-state index in [0.717, 1.165) is 51.4 Å². The van der Waals surface area contributed by atoms with Crippen molar-refractivity contribution >= 4 is 13.8 Å². The third-order valence-corrected chi connectivity index (χ3v) is 11.9. The van der Waals surface area contributed by atoms with E-state index in [2.05, 4.69) is 31.3 Å². The number of allylic oxidation sites excluding steroid dienone is 2. The van der Waals surface area contributed by atoms with Gasteiger partial charge in [0.1, 0.15) is 24.4 Å². The number of carbonyl (C=O) groups excluding carboxylic acids is 1. The van der Waals surface area contributed by atoms with Gasteiger partial charge in [0.2, 0.25) is 5.79 Å². The molecule has 0 amide bonds. The number of ether oxygens (including phenoxy) is 3. The molecule has 6 atom stereocenters. The lowest BCUT2D eigenvalue weighted by molar-refractivity contribution is -0.317. The molecule has 6 N–H and O–H groups in total. The van der Waals surface area contributed by atoms with Crippen LogP contribution < -0.4 is 5.32 Å². The number of phosphoric ester groups is 1. The lowest BCUT2D eigenvalue weighted by Crippen LogP contribution is -2.64. The minimum atomic E-state index is -4.55. The summed E-state index contributed by atoms with van der Waals surface area (Å²) in [5.74, 6) is -2.57. The number of phosphoric acid groups is 1. The lowest BCUT2D eigenvalue weighted by atomic mass is 9.97. The van der Waals surface area contributed by atoms with Gasteiger partial charge >= 0.3 is 13.8 Å². The van der Waals surface area contributed by atoms with E-state index in [0.29, 0.717) is 13.0 Å². The molecule has 1 saturated heterocycles. The Labute approximate surface area is 358 Å². The van der Waals surface area contributed by atoms with Crippen LogP contribution in [0.3, 0.4) is 0 Å². The van der Waals surface area contributed by atoms with Crippen molar-refractivity contribution in [1.82, 2.24) is 5.32 Å². The van der Waals surface area contributed by atoms with Gasteiger partial charge in [0.05, 0.1) is 33.0 Å². The normalized spacial score (nSPS) is 21.2. The fraction of sp³-hybridized carbons (Fsp3) is 0.933. The van der Waals surface area contributed by atoms with E-state index in [1.807, 2.05) is 0 Å². The van der Waals surface area contributed by atoms with Gasteiger partial charge in [-0.15, -0.1) is 0 Å². The van der Waals surface area contributed by atoms with Crippen molar-refractivity contribution in [2.45, 2.75) is 224 Å². The van der Waals surface area contributed by atoms with E-state index < -0.39 is 50.6 Å². The highest BCUT2D eigenvalue weighted by molar-refractivity contribution is 7.47. The van der Waals surface area contributed by atoms with Crippen molar-refractivity contribution in [2.75, 3.05) is 46.1 Å². The summed E-state index contributed by atoms with van der Waals surface area (Å²) in [7, 11) is -4.55. The third kappa shape index (κ3) is 31.5. The Bertz CT molecular complexity index is 1050. The van der Waals surface area contributed by atoms with Crippen LogP contribution in [0.15, 0.2) is 12.2 Å². The van der Waals surface area contributed by atoms with Gasteiger partial charge in [0, 0.05) is 19.6 Å². The van der Waals surface area contributed by atoms with Crippen molar-refractivity contribution in [3.63, 3.8) is 0 Å². The monoisotopic (exact) mass is 866 g/mol. The van der Waals surface area contributed by atoms with Crippen LogP contribution in [0.2, 0.25) is 0 Å². The molecule has 1 heterocycles. The van der Waals surface area contributed by atoms with Crippen LogP contribution in [0.25, 0.3) is 0 Å². The highest BCUT2D eigenvalue weighted by atomic mass is 31.2. The zero-order chi connectivity index (χ0) is 43.3. The quantitative estimate of drug-likeness (QED) is 0.0148. The van der Waals surface area contributed by atoms with Gasteiger partial charge in [-0.2, -0.15) is 0 Å². The van der Waals surface area contributed by atoms with Crippen LogP contribution in [0.1, 0.15) is 194 Å². The zero-order valence-electron chi connectivity index (χ0n) is 37.3. The summed E-state index contributed by atoms with van der Waals surface area (Å²) in [4.78, 5) is 23.0. The summed E-state index contributed by atoms with van der Waals surface area (Å²) in [6.07, 6.45) is 32.0. The zero-order valence-corrected chi connectivity index (χ0v) is 38.1. The Morgan fingerprint density at radius 1 is 0.712 bits per heavy atom. The van der Waals surface area contributed by atoms with Crippen LogP contribution in [-0.2, 0) is 32.6 Å². The van der Waals surface area contributed by atoms with E-state index in [1.54, 1.807) is 0 Å². The van der Waals surface area contributed by atoms with E-state index in [-0.39, 0.29) is 39.3 Å². The molecule has 0 aliphatic carbocycles. The standard InChI is InChI=1S/C45H88NO12P/c1-3-5-7-9-11-13-15-17-19-20-22-24-26-28-30-32-42(48)58-40(36-54-34-31-29-27-25-23-21-18-16-14-12-10-8-6-4-2)37-57-59(52,53)56-35-33-46-39-45(51)44(50)43(49)41(47)38-55-45/h17,19,40-41,43-44,46-47,49-51H,3-16,18,20-39H2,1-2H3,(H,52,53)/b19-17-/t40-,41-,43-,44+,45-/m1/s1. The SMILES string of the molecule is CCCCCCCC/C=C\CCCCCCCC(=O)O[C@H](COCCCCCCCCCCCCCCCC)COP(=O)(O)OCCNC[C@@]1(O)OC[C@@H](O)[C@@H](O)[C@@H]1O. The Morgan fingerprint density at radius 3 is 1.75 bits per heavy atom. The van der Waals surface area contributed by atoms with Crippen molar-refractivity contribution < 1.29 is 57.9 Å². The highest BCUT2D eigenvalue weighted by Gasteiger charge is 2.48. The number of rotatable bonds is 42. The minimum absolute atomic E-state index is 0.0274. The maximum Gasteiger partial charge on any atom is 0.472 e. The number of unbranched alkanes of at least 4 members (excludes halogenated alkanes) is 24. The summed E-state index contributed by atoms with van der Waals surface area (Å²) in [5.41, 5.74) is 0. The molecular formula is C45H88NO12P. The van der Waals surface area contributed by atoms with Crippen molar-refractivity contribution in [3.8, 4) is 0 Å². The lowest BCUT2D eigenvalue weighted by Gasteiger charge is -2.41. The highest BCUT2D eigenvalue weighted by Crippen LogP contribution is 2.43. The smallest absolute Gasteiger partial charge is 0.457 e. The molecular weight excluding hydrogens is 777 g/mol. The predicted octanol–water partition coefficient (Wildman–Crippen LogP) is 8.96. The Morgan fingerprint density at radius 2 is 1.20 bits per heavy atom. The van der Waals surface area contributed by atoms with Gasteiger partial charge in [-0.05, 0) is 38.5 Å². The molecule has 1 aliphatic rings. The molecule has 0 radical (unpaired) electrons. The number of carbonyl (C=O) groups is 1. The first-order valence-corrected chi connectivity index (χ1v) is 25.2. The molecule has 0 bridgehead atoms. The Balaban J connectivity index is 2.36. The van der Waals surface area contributed by atoms with Crippen LogP contribution >= 0.6 is 7.82 Å². The van der Waals surface area contributed by atoms with Gasteiger partial charge in [0.15, 0.2) is 0 Å². The molecule has 0 saturated carbocycles. The molecule has 1 rings (SSSR count). The average Bonchev–Trinajstić information content (AvgIpc) is 3.21. The maximum atomic E-state index is 12.8. The predicted molar refractivity (Wildman–Crippen MR) is 234 cm³/mol. The van der Waals surface area contributed by atoms with E-state index in [9.17, 15) is 34.7 Å². The summed E-state index contributed by atoms with van der Waals surface area (Å²) in [6.45, 7) is 3.55. The first kappa shape index (κ1) is 56.1. The number of aliphatic hydroxyl groups is 4. The molecule has 1 unspecified atom stereocenters. The second kappa shape index (κ2) is 37.6. The molecule has 0 aromatic heterocycles. The second-order valence-corrected chi connectivity index (χ2v) is 18.0. The van der Waals surface area contributed by atoms with Gasteiger partial charge < -0.3 is 44.8 Å². The molecule has 1 aliphatic heterocycles. The summed E-state index contributed by atoms with van der Waals surface area (Å²) in [6, 6.07) is 0. The summed E-state index contributed by atoms with van der Waals surface area (Å²) in [5, 5.41) is 42.7. The van der Waals surface area contributed by atoms with Crippen molar-refractivity contribution in [3.05, 3.63) is 12.2 Å². The molecule has 350 valence electrons. The number of hydrogen-bond acceptors (Lipinski definition) is 12. The molecule has 0 aromatic rings. The van der Waals surface area contributed by atoms with Crippen molar-refractivity contribution in [1.29, 1.82) is 0 Å². The van der Waals surface area contributed by atoms with E-state index >= 15 is 0 Å². The van der Waals surface area contributed by atoms with E-state index in [1.165, 1.54) is 116 Å².